The Hall–Kier alpha value is -3.59. The molecule has 33 heavy (non-hydrogen) atoms. The molecule has 0 heterocycles. The molecule has 0 saturated heterocycles. The van der Waals surface area contributed by atoms with Crippen LogP contribution in [0.4, 0.5) is 0 Å². The summed E-state index contributed by atoms with van der Waals surface area (Å²) in [6.07, 6.45) is 3.17. The second-order valence-corrected chi connectivity index (χ2v) is 8.54. The fraction of sp³-hybridized carbons (Fsp3) is 0.250. The van der Waals surface area contributed by atoms with Crippen LogP contribution in [0, 0.1) is 0 Å². The average Bonchev–Trinajstić information content (AvgIpc) is 2.83. The molecule has 176 valence electrons. The van der Waals surface area contributed by atoms with E-state index < -0.39 is 21.8 Å². The van der Waals surface area contributed by atoms with Crippen LogP contribution in [0.2, 0.25) is 0 Å². The van der Waals surface area contributed by atoms with Crippen molar-refractivity contribution in [3.63, 3.8) is 0 Å². The first kappa shape index (κ1) is 25.7. The lowest BCUT2D eigenvalue weighted by Gasteiger charge is -2.10. The largest absolute Gasteiger partial charge is 0.493 e. The summed E-state index contributed by atoms with van der Waals surface area (Å²) in [6.45, 7) is 7.66. The van der Waals surface area contributed by atoms with Crippen LogP contribution in [0.25, 0.3) is 0 Å². The first-order valence-electron chi connectivity index (χ1n) is 10.2. The minimum absolute atomic E-state index is 0.132. The number of carbonyl (C=O) groups excluding carboxylic acids is 2. The van der Waals surface area contributed by atoms with E-state index in [0.717, 1.165) is 12.2 Å². The molecular weight excluding hydrogens is 448 g/mol. The Labute approximate surface area is 193 Å². The highest BCUT2D eigenvalue weighted by Crippen LogP contribution is 2.25. The Bertz CT molecular complexity index is 961. The maximum Gasteiger partial charge on any atom is 0.330 e. The molecule has 0 atom stereocenters. The molecule has 0 aliphatic heterocycles. The zero-order chi connectivity index (χ0) is 24.1. The number of benzene rings is 2. The van der Waals surface area contributed by atoms with Gasteiger partial charge in [-0.1, -0.05) is 13.2 Å². The van der Waals surface area contributed by atoms with Crippen LogP contribution in [0.15, 0.2) is 83.6 Å². The van der Waals surface area contributed by atoms with Gasteiger partial charge in [-0.3, -0.25) is 0 Å². The summed E-state index contributed by atoms with van der Waals surface area (Å²) in [6, 6.07) is 12.2. The van der Waals surface area contributed by atoms with E-state index in [1.54, 1.807) is 24.3 Å². The SMILES string of the molecule is C=CC(=O)OCCCOc1ccc(S(=O)(=O)c2ccc(OCCCOC(=O)C=C)cc2)cc1. The summed E-state index contributed by atoms with van der Waals surface area (Å²) >= 11 is 0. The van der Waals surface area contributed by atoms with E-state index in [0.29, 0.717) is 37.6 Å². The summed E-state index contributed by atoms with van der Waals surface area (Å²) < 4.78 is 46.4. The van der Waals surface area contributed by atoms with Crippen molar-refractivity contribution < 1.29 is 37.0 Å². The molecule has 0 radical (unpaired) electrons. The van der Waals surface area contributed by atoms with Gasteiger partial charge in [-0.05, 0) is 48.5 Å². The molecule has 0 aromatic heterocycles. The molecule has 0 amide bonds. The van der Waals surface area contributed by atoms with E-state index >= 15 is 0 Å². The van der Waals surface area contributed by atoms with Crippen molar-refractivity contribution in [3.05, 3.63) is 73.8 Å². The van der Waals surface area contributed by atoms with Gasteiger partial charge in [0.05, 0.1) is 36.2 Å². The molecular formula is C24H26O8S. The second kappa shape index (κ2) is 13.1. The average molecular weight is 475 g/mol. The topological polar surface area (TPSA) is 105 Å². The molecule has 0 saturated carbocycles. The number of hydrogen-bond donors (Lipinski definition) is 0. The Morgan fingerprint density at radius 3 is 1.36 bits per heavy atom. The maximum atomic E-state index is 12.8. The van der Waals surface area contributed by atoms with Gasteiger partial charge in [0.1, 0.15) is 11.5 Å². The van der Waals surface area contributed by atoms with Crippen molar-refractivity contribution in [2.24, 2.45) is 0 Å². The van der Waals surface area contributed by atoms with E-state index in [-0.39, 0.29) is 23.0 Å². The number of ether oxygens (including phenoxy) is 4. The second-order valence-electron chi connectivity index (χ2n) is 6.59. The van der Waals surface area contributed by atoms with Crippen molar-refractivity contribution in [1.82, 2.24) is 0 Å². The molecule has 2 aromatic carbocycles. The lowest BCUT2D eigenvalue weighted by atomic mass is 10.3. The van der Waals surface area contributed by atoms with Gasteiger partial charge in [-0.15, -0.1) is 0 Å². The van der Waals surface area contributed by atoms with Gasteiger partial charge in [0.15, 0.2) is 0 Å². The highest BCUT2D eigenvalue weighted by Gasteiger charge is 2.17. The van der Waals surface area contributed by atoms with E-state index in [1.165, 1.54) is 24.3 Å². The van der Waals surface area contributed by atoms with Gasteiger partial charge in [0.2, 0.25) is 9.84 Å². The molecule has 8 nitrogen and oxygen atoms in total. The van der Waals surface area contributed by atoms with Crippen molar-refractivity contribution in [1.29, 1.82) is 0 Å². The molecule has 9 heteroatoms. The first-order chi connectivity index (χ1) is 15.9. The molecule has 0 fully saturated rings. The van der Waals surface area contributed by atoms with Crippen molar-refractivity contribution in [2.75, 3.05) is 26.4 Å². The first-order valence-corrected chi connectivity index (χ1v) is 11.6. The summed E-state index contributed by atoms with van der Waals surface area (Å²) in [4.78, 5) is 22.2. The number of hydrogen-bond acceptors (Lipinski definition) is 8. The van der Waals surface area contributed by atoms with E-state index in [9.17, 15) is 18.0 Å². The third kappa shape index (κ3) is 8.46. The van der Waals surface area contributed by atoms with Crippen molar-refractivity contribution >= 4 is 21.8 Å². The minimum atomic E-state index is -3.70. The summed E-state index contributed by atoms with van der Waals surface area (Å²) in [5.41, 5.74) is 0. The predicted octanol–water partition coefficient (Wildman–Crippen LogP) is 3.52. The lowest BCUT2D eigenvalue weighted by molar-refractivity contribution is -0.138. The fourth-order valence-corrected chi connectivity index (χ4v) is 3.79. The van der Waals surface area contributed by atoms with Crippen molar-refractivity contribution in [3.8, 4) is 11.5 Å². The van der Waals surface area contributed by atoms with Crippen LogP contribution in [0.5, 0.6) is 11.5 Å². The molecule has 0 aliphatic rings. The van der Waals surface area contributed by atoms with E-state index in [2.05, 4.69) is 13.2 Å². The van der Waals surface area contributed by atoms with Gasteiger partial charge in [0.25, 0.3) is 0 Å². The fourth-order valence-electron chi connectivity index (χ4n) is 2.53. The highest BCUT2D eigenvalue weighted by atomic mass is 32.2. The molecule has 2 aromatic rings. The van der Waals surface area contributed by atoms with Crippen LogP contribution in [-0.4, -0.2) is 46.8 Å². The maximum absolute atomic E-state index is 12.8. The smallest absolute Gasteiger partial charge is 0.330 e. The number of rotatable bonds is 14. The van der Waals surface area contributed by atoms with Crippen LogP contribution in [-0.2, 0) is 28.9 Å². The monoisotopic (exact) mass is 474 g/mol. The molecule has 2 rings (SSSR count). The molecule has 0 unspecified atom stereocenters. The Morgan fingerprint density at radius 1 is 0.667 bits per heavy atom. The van der Waals surface area contributed by atoms with Gasteiger partial charge < -0.3 is 18.9 Å². The van der Waals surface area contributed by atoms with Crippen LogP contribution in [0.1, 0.15) is 12.8 Å². The normalized spacial score (nSPS) is 10.7. The quantitative estimate of drug-likeness (QED) is 0.233. The van der Waals surface area contributed by atoms with E-state index in [4.69, 9.17) is 18.9 Å². The standard InChI is InChI=1S/C24H26O8S/c1-3-23(25)31-17-5-15-29-19-7-11-21(12-8-19)33(27,28)22-13-9-20(10-14-22)30-16-6-18-32-24(26)4-2/h3-4,7-14H,1-2,5-6,15-18H2. The third-order valence-electron chi connectivity index (χ3n) is 4.20. The zero-order valence-electron chi connectivity index (χ0n) is 18.1. The van der Waals surface area contributed by atoms with E-state index in [1.807, 2.05) is 0 Å². The number of esters is 2. The molecule has 0 bridgehead atoms. The molecule has 0 aliphatic carbocycles. The highest BCUT2D eigenvalue weighted by molar-refractivity contribution is 7.91. The van der Waals surface area contributed by atoms with Crippen LogP contribution < -0.4 is 9.47 Å². The predicted molar refractivity (Wildman–Crippen MR) is 121 cm³/mol. The summed E-state index contributed by atoms with van der Waals surface area (Å²) in [5.74, 6) is 0.0319. The van der Waals surface area contributed by atoms with Gasteiger partial charge in [-0.25, -0.2) is 18.0 Å². The Morgan fingerprint density at radius 2 is 1.03 bits per heavy atom. The van der Waals surface area contributed by atoms with Crippen LogP contribution in [0.3, 0.4) is 0 Å². The lowest BCUT2D eigenvalue weighted by Crippen LogP contribution is -2.07. The molecule has 0 N–H and O–H groups in total. The summed E-state index contributed by atoms with van der Waals surface area (Å²) in [7, 11) is -3.70. The molecule has 0 spiro atoms. The van der Waals surface area contributed by atoms with Crippen molar-refractivity contribution in [2.45, 2.75) is 22.6 Å². The zero-order valence-corrected chi connectivity index (χ0v) is 18.9. The third-order valence-corrected chi connectivity index (χ3v) is 5.99. The van der Waals surface area contributed by atoms with Gasteiger partial charge in [0, 0.05) is 25.0 Å². The van der Waals surface area contributed by atoms with Gasteiger partial charge >= 0.3 is 11.9 Å². The Balaban J connectivity index is 1.84. The summed E-state index contributed by atoms with van der Waals surface area (Å²) in [5, 5.41) is 0. The number of sulfone groups is 1. The minimum Gasteiger partial charge on any atom is -0.493 e. The number of carbonyl (C=O) groups is 2. The Kier molecular flexibility index (Phi) is 10.2. The van der Waals surface area contributed by atoms with Gasteiger partial charge in [-0.2, -0.15) is 0 Å². The van der Waals surface area contributed by atoms with Crippen LogP contribution >= 0.6 is 0 Å².